The standard InChI is InChI=1S/C10H18N4O2/c1-16-4-2-3-9(11)10(15)13-6-8-5-12-7-14-8/h5,7,9H,2-4,6,11H2,1H3,(H,12,14)(H,13,15). The van der Waals surface area contributed by atoms with Crippen molar-refractivity contribution in [1.29, 1.82) is 0 Å². The first-order chi connectivity index (χ1) is 7.74. The van der Waals surface area contributed by atoms with Gasteiger partial charge in [-0.3, -0.25) is 4.79 Å². The lowest BCUT2D eigenvalue weighted by atomic mass is 10.1. The molecule has 1 atom stereocenters. The van der Waals surface area contributed by atoms with Gasteiger partial charge in [-0.25, -0.2) is 4.98 Å². The number of nitrogens with one attached hydrogen (secondary N) is 2. The zero-order valence-corrected chi connectivity index (χ0v) is 9.40. The first-order valence-electron chi connectivity index (χ1n) is 5.23. The van der Waals surface area contributed by atoms with Gasteiger partial charge in [-0.05, 0) is 12.8 Å². The van der Waals surface area contributed by atoms with Crippen molar-refractivity contribution in [1.82, 2.24) is 15.3 Å². The van der Waals surface area contributed by atoms with E-state index in [1.807, 2.05) is 0 Å². The fourth-order valence-corrected chi connectivity index (χ4v) is 1.27. The van der Waals surface area contributed by atoms with E-state index in [0.29, 0.717) is 19.6 Å². The Kier molecular flexibility index (Phi) is 5.52. The van der Waals surface area contributed by atoms with Crippen LogP contribution in [0, 0.1) is 0 Å². The van der Waals surface area contributed by atoms with Gasteiger partial charge >= 0.3 is 0 Å². The van der Waals surface area contributed by atoms with Gasteiger partial charge in [0.1, 0.15) is 0 Å². The maximum Gasteiger partial charge on any atom is 0.237 e. The summed E-state index contributed by atoms with van der Waals surface area (Å²) in [6.45, 7) is 1.05. The van der Waals surface area contributed by atoms with Gasteiger partial charge in [0.25, 0.3) is 0 Å². The van der Waals surface area contributed by atoms with Gasteiger partial charge in [-0.1, -0.05) is 0 Å². The van der Waals surface area contributed by atoms with E-state index in [2.05, 4.69) is 15.3 Å². The monoisotopic (exact) mass is 226 g/mol. The maximum atomic E-state index is 11.5. The quantitative estimate of drug-likeness (QED) is 0.560. The van der Waals surface area contributed by atoms with Gasteiger partial charge in [0.2, 0.25) is 5.91 Å². The van der Waals surface area contributed by atoms with Crippen LogP contribution < -0.4 is 11.1 Å². The molecule has 90 valence electrons. The van der Waals surface area contributed by atoms with Crippen LogP contribution in [0.1, 0.15) is 18.5 Å². The predicted octanol–water partition coefficient (Wildman–Crippen LogP) is -0.220. The Labute approximate surface area is 94.6 Å². The summed E-state index contributed by atoms with van der Waals surface area (Å²) >= 11 is 0. The number of imidazole rings is 1. The van der Waals surface area contributed by atoms with E-state index in [4.69, 9.17) is 10.5 Å². The minimum Gasteiger partial charge on any atom is -0.385 e. The molecule has 1 unspecified atom stereocenters. The van der Waals surface area contributed by atoms with E-state index in [9.17, 15) is 4.79 Å². The lowest BCUT2D eigenvalue weighted by Crippen LogP contribution is -2.40. The van der Waals surface area contributed by atoms with Crippen LogP contribution >= 0.6 is 0 Å². The number of aromatic nitrogens is 2. The SMILES string of the molecule is COCCCC(N)C(=O)NCc1cnc[nH]1. The van der Waals surface area contributed by atoms with E-state index < -0.39 is 6.04 Å². The van der Waals surface area contributed by atoms with Crippen molar-refractivity contribution in [3.8, 4) is 0 Å². The summed E-state index contributed by atoms with van der Waals surface area (Å²) in [4.78, 5) is 18.3. The lowest BCUT2D eigenvalue weighted by molar-refractivity contribution is -0.122. The zero-order chi connectivity index (χ0) is 11.8. The van der Waals surface area contributed by atoms with E-state index in [1.54, 1.807) is 19.6 Å². The van der Waals surface area contributed by atoms with Crippen molar-refractivity contribution in [3.05, 3.63) is 18.2 Å². The van der Waals surface area contributed by atoms with Crippen LogP contribution in [0.4, 0.5) is 0 Å². The molecule has 0 aliphatic carbocycles. The predicted molar refractivity (Wildman–Crippen MR) is 59.5 cm³/mol. The van der Waals surface area contributed by atoms with Gasteiger partial charge in [-0.2, -0.15) is 0 Å². The molecular weight excluding hydrogens is 208 g/mol. The molecule has 1 rings (SSSR count). The maximum absolute atomic E-state index is 11.5. The number of aromatic amines is 1. The van der Waals surface area contributed by atoms with Crippen LogP contribution in [0.2, 0.25) is 0 Å². The average molecular weight is 226 g/mol. The number of carbonyl (C=O) groups is 1. The van der Waals surface area contributed by atoms with Crippen molar-refractivity contribution in [2.75, 3.05) is 13.7 Å². The van der Waals surface area contributed by atoms with Crippen LogP contribution in [0.25, 0.3) is 0 Å². The molecule has 0 spiro atoms. The van der Waals surface area contributed by atoms with Crippen LogP contribution in [-0.2, 0) is 16.1 Å². The third-order valence-electron chi connectivity index (χ3n) is 2.21. The van der Waals surface area contributed by atoms with Crippen LogP contribution in [0.3, 0.4) is 0 Å². The van der Waals surface area contributed by atoms with Gasteiger partial charge < -0.3 is 20.8 Å². The number of nitrogens with two attached hydrogens (primary N) is 1. The largest absolute Gasteiger partial charge is 0.385 e. The van der Waals surface area contributed by atoms with Gasteiger partial charge in [0, 0.05) is 19.9 Å². The first kappa shape index (κ1) is 12.7. The molecule has 0 saturated carbocycles. The Morgan fingerprint density at radius 1 is 1.75 bits per heavy atom. The highest BCUT2D eigenvalue weighted by Crippen LogP contribution is 1.96. The Hall–Kier alpha value is -1.40. The molecule has 0 saturated heterocycles. The van der Waals surface area contributed by atoms with Gasteiger partial charge in [0.15, 0.2) is 0 Å². The van der Waals surface area contributed by atoms with Crippen LogP contribution in [0.5, 0.6) is 0 Å². The molecule has 6 nitrogen and oxygen atoms in total. The van der Waals surface area contributed by atoms with E-state index in [-0.39, 0.29) is 5.91 Å². The number of H-pyrrole nitrogens is 1. The molecule has 16 heavy (non-hydrogen) atoms. The van der Waals surface area contributed by atoms with Crippen molar-refractivity contribution in [2.45, 2.75) is 25.4 Å². The first-order valence-corrected chi connectivity index (χ1v) is 5.23. The van der Waals surface area contributed by atoms with Crippen molar-refractivity contribution in [3.63, 3.8) is 0 Å². The minimum atomic E-state index is -0.474. The third-order valence-corrected chi connectivity index (χ3v) is 2.21. The average Bonchev–Trinajstić information content (AvgIpc) is 2.79. The molecule has 0 bridgehead atoms. The smallest absolute Gasteiger partial charge is 0.237 e. The van der Waals surface area contributed by atoms with Gasteiger partial charge in [0.05, 0.1) is 24.6 Å². The molecule has 0 radical (unpaired) electrons. The summed E-state index contributed by atoms with van der Waals surface area (Å²) in [6, 6.07) is -0.474. The number of nitrogens with zero attached hydrogens (tertiary/aromatic N) is 1. The normalized spacial score (nSPS) is 12.4. The fraction of sp³-hybridized carbons (Fsp3) is 0.600. The lowest BCUT2D eigenvalue weighted by Gasteiger charge is -2.11. The number of ether oxygens (including phenoxy) is 1. The highest BCUT2D eigenvalue weighted by atomic mass is 16.5. The fourth-order valence-electron chi connectivity index (χ4n) is 1.27. The Morgan fingerprint density at radius 2 is 2.56 bits per heavy atom. The van der Waals surface area contributed by atoms with E-state index in [0.717, 1.165) is 12.1 Å². The summed E-state index contributed by atoms with van der Waals surface area (Å²) in [5.41, 5.74) is 6.56. The van der Waals surface area contributed by atoms with Crippen molar-refractivity contribution in [2.24, 2.45) is 5.73 Å². The topological polar surface area (TPSA) is 93.0 Å². The molecule has 1 heterocycles. The molecule has 1 aromatic heterocycles. The Morgan fingerprint density at radius 3 is 3.19 bits per heavy atom. The van der Waals surface area contributed by atoms with Gasteiger partial charge in [-0.15, -0.1) is 0 Å². The number of amides is 1. The molecule has 0 aromatic carbocycles. The Bertz CT molecular complexity index is 300. The summed E-state index contributed by atoms with van der Waals surface area (Å²) in [7, 11) is 1.63. The van der Waals surface area contributed by atoms with E-state index >= 15 is 0 Å². The van der Waals surface area contributed by atoms with Crippen LogP contribution in [0.15, 0.2) is 12.5 Å². The zero-order valence-electron chi connectivity index (χ0n) is 9.40. The summed E-state index contributed by atoms with van der Waals surface area (Å²) < 4.78 is 4.89. The van der Waals surface area contributed by atoms with Crippen molar-refractivity contribution >= 4 is 5.91 Å². The van der Waals surface area contributed by atoms with Crippen LogP contribution in [-0.4, -0.2) is 35.6 Å². The number of methoxy groups -OCH3 is 1. The second-order valence-corrected chi connectivity index (χ2v) is 3.54. The number of hydrogen-bond acceptors (Lipinski definition) is 4. The minimum absolute atomic E-state index is 0.147. The third kappa shape index (κ3) is 4.41. The van der Waals surface area contributed by atoms with Crippen molar-refractivity contribution < 1.29 is 9.53 Å². The number of carbonyl (C=O) groups excluding carboxylic acids is 1. The summed E-state index contributed by atoms with van der Waals surface area (Å²) in [5, 5.41) is 2.74. The second kappa shape index (κ2) is 6.97. The number of hydrogen-bond donors (Lipinski definition) is 3. The molecular formula is C10H18N4O2. The number of rotatable bonds is 7. The second-order valence-electron chi connectivity index (χ2n) is 3.54. The highest BCUT2D eigenvalue weighted by Gasteiger charge is 2.12. The molecule has 0 aliphatic heterocycles. The molecule has 0 aliphatic rings. The molecule has 1 amide bonds. The highest BCUT2D eigenvalue weighted by molar-refractivity contribution is 5.81. The van der Waals surface area contributed by atoms with E-state index in [1.165, 1.54) is 0 Å². The molecule has 6 heteroatoms. The molecule has 1 aromatic rings. The molecule has 4 N–H and O–H groups in total. The summed E-state index contributed by atoms with van der Waals surface area (Å²) in [6.07, 6.45) is 4.65. The summed E-state index contributed by atoms with van der Waals surface area (Å²) in [5.74, 6) is -0.147. The Balaban J connectivity index is 2.18. The molecule has 0 fully saturated rings.